The van der Waals surface area contributed by atoms with Crippen molar-refractivity contribution in [2.75, 3.05) is 26.2 Å². The molecule has 2 aliphatic rings. The Hall–Kier alpha value is -1.85. The van der Waals surface area contributed by atoms with Gasteiger partial charge in [-0.15, -0.1) is 11.3 Å². The van der Waals surface area contributed by atoms with Gasteiger partial charge in [0.25, 0.3) is 0 Å². The molecule has 0 saturated carbocycles. The fraction of sp³-hybridized carbons (Fsp3) is 0.450. The topological polar surface area (TPSA) is 35.6 Å². The molecule has 25 heavy (non-hydrogen) atoms. The monoisotopic (exact) mass is 355 g/mol. The Kier molecular flexibility index (Phi) is 5.04. The average Bonchev–Trinajstić information content (AvgIpc) is 3.14. The predicted molar refractivity (Wildman–Crippen MR) is 102 cm³/mol. The van der Waals surface area contributed by atoms with Crippen LogP contribution in [-0.4, -0.2) is 48.1 Å². The molecule has 0 spiro atoms. The summed E-state index contributed by atoms with van der Waals surface area (Å²) in [5.41, 5.74) is 1.13. The number of amides is 2. The normalized spacial score (nSPS) is 20.1. The van der Waals surface area contributed by atoms with Gasteiger partial charge in [0, 0.05) is 24.0 Å². The van der Waals surface area contributed by atoms with E-state index in [-0.39, 0.29) is 12.1 Å². The quantitative estimate of drug-likeness (QED) is 0.907. The van der Waals surface area contributed by atoms with Gasteiger partial charge in [-0.05, 0) is 42.9 Å². The largest absolute Gasteiger partial charge is 0.326 e. The smallest absolute Gasteiger partial charge is 0.318 e. The zero-order valence-corrected chi connectivity index (χ0v) is 15.3. The Morgan fingerprint density at radius 2 is 1.80 bits per heavy atom. The van der Waals surface area contributed by atoms with Crippen LogP contribution in [0.15, 0.2) is 47.8 Å². The molecule has 1 atom stereocenters. The van der Waals surface area contributed by atoms with E-state index in [1.807, 2.05) is 29.2 Å². The highest BCUT2D eigenvalue weighted by Crippen LogP contribution is 2.27. The number of likely N-dealkylation sites (tertiary alicyclic amines) is 2. The maximum Gasteiger partial charge on any atom is 0.318 e. The summed E-state index contributed by atoms with van der Waals surface area (Å²) in [5.74, 6) is 0. The van der Waals surface area contributed by atoms with Crippen molar-refractivity contribution in [1.82, 2.24) is 15.1 Å². The summed E-state index contributed by atoms with van der Waals surface area (Å²) in [6.07, 6.45) is 3.96. The van der Waals surface area contributed by atoms with Gasteiger partial charge in [0.15, 0.2) is 0 Å². The van der Waals surface area contributed by atoms with Crippen molar-refractivity contribution in [3.05, 3.63) is 58.3 Å². The molecule has 2 aliphatic heterocycles. The number of carbonyl (C=O) groups excluding carboxylic acids is 1. The van der Waals surface area contributed by atoms with Gasteiger partial charge < -0.3 is 10.2 Å². The second kappa shape index (κ2) is 7.58. The molecule has 2 fully saturated rings. The van der Waals surface area contributed by atoms with Gasteiger partial charge >= 0.3 is 6.03 Å². The minimum absolute atomic E-state index is 0.0514. The predicted octanol–water partition coefficient (Wildman–Crippen LogP) is 3.72. The Bertz CT molecular complexity index is 676. The molecule has 4 nitrogen and oxygen atoms in total. The van der Waals surface area contributed by atoms with Crippen LogP contribution in [0.2, 0.25) is 0 Å². The number of nitrogens with one attached hydrogen (secondary N) is 1. The fourth-order valence-electron chi connectivity index (χ4n) is 3.77. The second-order valence-corrected chi connectivity index (χ2v) is 7.94. The molecule has 0 radical (unpaired) electrons. The zero-order valence-electron chi connectivity index (χ0n) is 14.4. The molecular weight excluding hydrogens is 330 g/mol. The fourth-order valence-corrected chi connectivity index (χ4v) is 4.57. The first-order chi connectivity index (χ1) is 12.3. The first kappa shape index (κ1) is 16.6. The van der Waals surface area contributed by atoms with Crippen molar-refractivity contribution >= 4 is 17.4 Å². The number of thiophene rings is 1. The molecule has 3 heterocycles. The molecule has 4 rings (SSSR count). The molecule has 0 bridgehead atoms. The summed E-state index contributed by atoms with van der Waals surface area (Å²) in [4.78, 5) is 18.4. The van der Waals surface area contributed by atoms with Crippen LogP contribution in [0, 0.1) is 0 Å². The molecule has 0 aliphatic carbocycles. The van der Waals surface area contributed by atoms with E-state index in [0.717, 1.165) is 18.7 Å². The van der Waals surface area contributed by atoms with Crippen LogP contribution in [0.4, 0.5) is 4.79 Å². The van der Waals surface area contributed by atoms with Crippen LogP contribution < -0.4 is 5.32 Å². The summed E-state index contributed by atoms with van der Waals surface area (Å²) in [7, 11) is 0. The van der Waals surface area contributed by atoms with Gasteiger partial charge in [0.1, 0.15) is 0 Å². The highest BCUT2D eigenvalue weighted by molar-refractivity contribution is 7.10. The summed E-state index contributed by atoms with van der Waals surface area (Å²) in [6, 6.07) is 14.9. The lowest BCUT2D eigenvalue weighted by Gasteiger charge is -2.46. The summed E-state index contributed by atoms with van der Waals surface area (Å²) in [6.45, 7) is 4.11. The van der Waals surface area contributed by atoms with Gasteiger partial charge in [-0.2, -0.15) is 0 Å². The van der Waals surface area contributed by atoms with Crippen molar-refractivity contribution in [2.24, 2.45) is 0 Å². The van der Waals surface area contributed by atoms with Gasteiger partial charge in [-0.3, -0.25) is 4.90 Å². The maximum absolute atomic E-state index is 12.7. The highest BCUT2D eigenvalue weighted by Gasteiger charge is 2.36. The SMILES string of the molecule is O=C(NC(c1ccccc1)c1cccs1)N1CC(N2CCCCC2)C1. The highest BCUT2D eigenvalue weighted by atomic mass is 32.1. The number of piperidine rings is 1. The molecule has 1 unspecified atom stereocenters. The van der Waals surface area contributed by atoms with E-state index in [9.17, 15) is 4.79 Å². The number of urea groups is 1. The van der Waals surface area contributed by atoms with E-state index >= 15 is 0 Å². The van der Waals surface area contributed by atoms with Gasteiger partial charge in [0.2, 0.25) is 0 Å². The number of hydrogen-bond acceptors (Lipinski definition) is 3. The van der Waals surface area contributed by atoms with Crippen LogP contribution in [0.5, 0.6) is 0 Å². The lowest BCUT2D eigenvalue weighted by atomic mass is 10.0. The van der Waals surface area contributed by atoms with Gasteiger partial charge in [0.05, 0.1) is 6.04 Å². The summed E-state index contributed by atoms with van der Waals surface area (Å²) in [5, 5.41) is 5.30. The zero-order chi connectivity index (χ0) is 17.1. The average molecular weight is 356 g/mol. The van der Waals surface area contributed by atoms with Crippen LogP contribution >= 0.6 is 11.3 Å². The third-order valence-electron chi connectivity index (χ3n) is 5.28. The minimum Gasteiger partial charge on any atom is -0.326 e. The lowest BCUT2D eigenvalue weighted by Crippen LogP contribution is -2.63. The number of carbonyl (C=O) groups is 1. The third kappa shape index (κ3) is 3.72. The van der Waals surface area contributed by atoms with Crippen LogP contribution in [-0.2, 0) is 0 Å². The van der Waals surface area contributed by atoms with Crippen molar-refractivity contribution in [3.8, 4) is 0 Å². The number of nitrogens with zero attached hydrogens (tertiary/aromatic N) is 2. The Morgan fingerprint density at radius 1 is 1.04 bits per heavy atom. The van der Waals surface area contributed by atoms with Crippen LogP contribution in [0.3, 0.4) is 0 Å². The standard InChI is InChI=1S/C20H25N3OS/c24-20(23-14-17(15-23)22-11-5-2-6-12-22)21-19(18-10-7-13-25-18)16-8-3-1-4-9-16/h1,3-4,7-10,13,17,19H,2,5-6,11-12,14-15H2,(H,21,24). The summed E-state index contributed by atoms with van der Waals surface area (Å²) >= 11 is 1.69. The number of hydrogen-bond donors (Lipinski definition) is 1. The third-order valence-corrected chi connectivity index (χ3v) is 6.22. The van der Waals surface area contributed by atoms with E-state index in [1.165, 1.54) is 37.2 Å². The van der Waals surface area contributed by atoms with Crippen LogP contribution in [0.25, 0.3) is 0 Å². The molecule has 2 amide bonds. The molecule has 132 valence electrons. The molecule has 1 aromatic carbocycles. The van der Waals surface area contributed by atoms with E-state index in [0.29, 0.717) is 6.04 Å². The van der Waals surface area contributed by atoms with E-state index < -0.39 is 0 Å². The van der Waals surface area contributed by atoms with Gasteiger partial charge in [-0.25, -0.2) is 4.79 Å². The molecule has 2 saturated heterocycles. The lowest BCUT2D eigenvalue weighted by molar-refractivity contribution is 0.0446. The Labute approximate surface area is 153 Å². The maximum atomic E-state index is 12.7. The van der Waals surface area contributed by atoms with E-state index in [1.54, 1.807) is 11.3 Å². The van der Waals surface area contributed by atoms with Crippen molar-refractivity contribution in [1.29, 1.82) is 0 Å². The molecule has 2 aromatic rings. The van der Waals surface area contributed by atoms with Gasteiger partial charge in [-0.1, -0.05) is 42.8 Å². The Balaban J connectivity index is 1.38. The Morgan fingerprint density at radius 3 is 2.48 bits per heavy atom. The molecule has 1 N–H and O–H groups in total. The number of rotatable bonds is 4. The first-order valence-electron chi connectivity index (χ1n) is 9.19. The molecule has 5 heteroatoms. The molecule has 1 aromatic heterocycles. The minimum atomic E-state index is -0.0669. The van der Waals surface area contributed by atoms with Crippen molar-refractivity contribution < 1.29 is 4.79 Å². The summed E-state index contributed by atoms with van der Waals surface area (Å²) < 4.78 is 0. The first-order valence-corrected chi connectivity index (χ1v) is 10.1. The van der Waals surface area contributed by atoms with Crippen LogP contribution in [0.1, 0.15) is 35.7 Å². The molecular formula is C20H25N3OS. The second-order valence-electron chi connectivity index (χ2n) is 6.96. The van der Waals surface area contributed by atoms with E-state index in [2.05, 4.69) is 33.8 Å². The van der Waals surface area contributed by atoms with E-state index in [4.69, 9.17) is 0 Å². The number of benzene rings is 1. The van der Waals surface area contributed by atoms with Crippen molar-refractivity contribution in [3.63, 3.8) is 0 Å². The van der Waals surface area contributed by atoms with Crippen molar-refractivity contribution in [2.45, 2.75) is 31.3 Å².